The molecule has 4 heteroatoms. The van der Waals surface area contributed by atoms with E-state index in [1.54, 1.807) is 0 Å². The summed E-state index contributed by atoms with van der Waals surface area (Å²) in [5.41, 5.74) is 6.20. The normalized spacial score (nSPS) is 30.9. The van der Waals surface area contributed by atoms with Gasteiger partial charge in [-0.3, -0.25) is 4.99 Å². The Morgan fingerprint density at radius 1 is 1.42 bits per heavy atom. The lowest BCUT2D eigenvalue weighted by atomic mass is 9.92. The van der Waals surface area contributed by atoms with Gasteiger partial charge in [0.2, 0.25) is 0 Å². The quantitative estimate of drug-likeness (QED) is 0.721. The summed E-state index contributed by atoms with van der Waals surface area (Å²) in [6.45, 7) is 7.22. The molecular formula is C15H29N3O. The monoisotopic (exact) mass is 267 g/mol. The van der Waals surface area contributed by atoms with Gasteiger partial charge in [-0.25, -0.2) is 0 Å². The molecule has 2 aliphatic rings. The first-order valence-corrected chi connectivity index (χ1v) is 7.85. The van der Waals surface area contributed by atoms with Crippen molar-refractivity contribution in [3.8, 4) is 0 Å². The van der Waals surface area contributed by atoms with Crippen molar-refractivity contribution in [1.82, 2.24) is 4.90 Å². The van der Waals surface area contributed by atoms with Crippen LogP contribution in [0.2, 0.25) is 0 Å². The number of guanidine groups is 1. The summed E-state index contributed by atoms with van der Waals surface area (Å²) in [6.07, 6.45) is 9.09. The van der Waals surface area contributed by atoms with E-state index in [9.17, 15) is 0 Å². The molecule has 2 unspecified atom stereocenters. The van der Waals surface area contributed by atoms with Gasteiger partial charge in [-0.05, 0) is 26.2 Å². The van der Waals surface area contributed by atoms with Crippen LogP contribution in [0.4, 0.5) is 0 Å². The maximum atomic E-state index is 6.08. The number of aliphatic imine (C=N–C) groups is 1. The van der Waals surface area contributed by atoms with Crippen LogP contribution in [0.15, 0.2) is 4.99 Å². The highest BCUT2D eigenvalue weighted by molar-refractivity contribution is 5.81. The molecule has 0 aromatic heterocycles. The van der Waals surface area contributed by atoms with Gasteiger partial charge >= 0.3 is 0 Å². The molecule has 0 spiro atoms. The highest BCUT2D eigenvalue weighted by Crippen LogP contribution is 2.29. The van der Waals surface area contributed by atoms with Crippen LogP contribution in [0.25, 0.3) is 0 Å². The van der Waals surface area contributed by atoms with Crippen LogP contribution in [0, 0.1) is 0 Å². The van der Waals surface area contributed by atoms with Crippen LogP contribution in [0.5, 0.6) is 0 Å². The van der Waals surface area contributed by atoms with Crippen LogP contribution in [0.1, 0.15) is 58.8 Å². The third kappa shape index (κ3) is 3.62. The lowest BCUT2D eigenvalue weighted by Crippen LogP contribution is -2.52. The average molecular weight is 267 g/mol. The zero-order valence-corrected chi connectivity index (χ0v) is 12.5. The van der Waals surface area contributed by atoms with Gasteiger partial charge in [-0.15, -0.1) is 0 Å². The number of unbranched alkanes of at least 4 members (excludes halogenated alkanes) is 3. The molecule has 0 radical (unpaired) electrons. The van der Waals surface area contributed by atoms with Crippen LogP contribution < -0.4 is 5.73 Å². The average Bonchev–Trinajstić information content (AvgIpc) is 2.99. The lowest BCUT2D eigenvalue weighted by molar-refractivity contribution is 0.0668. The van der Waals surface area contributed by atoms with Crippen molar-refractivity contribution in [1.29, 1.82) is 0 Å². The Bertz CT molecular complexity index is 313. The molecule has 19 heavy (non-hydrogen) atoms. The predicted octanol–water partition coefficient (Wildman–Crippen LogP) is 2.52. The molecule has 2 rings (SSSR count). The molecule has 1 fully saturated rings. The maximum absolute atomic E-state index is 6.08. The van der Waals surface area contributed by atoms with E-state index in [0.29, 0.717) is 12.1 Å². The molecule has 1 saturated heterocycles. The first-order valence-electron chi connectivity index (χ1n) is 7.85. The summed E-state index contributed by atoms with van der Waals surface area (Å²) < 4.78 is 5.75. The SMILES string of the molecule is CCCCCCC1(C)CN=C(N)N1CC1CCCO1. The van der Waals surface area contributed by atoms with Gasteiger partial charge in [-0.1, -0.05) is 32.6 Å². The Labute approximate surface area is 117 Å². The Balaban J connectivity index is 1.86. The van der Waals surface area contributed by atoms with E-state index in [1.165, 1.54) is 38.5 Å². The Kier molecular flexibility index (Phi) is 5.08. The molecule has 0 amide bonds. The highest BCUT2D eigenvalue weighted by Gasteiger charge is 2.38. The molecule has 0 bridgehead atoms. The second-order valence-corrected chi connectivity index (χ2v) is 6.23. The van der Waals surface area contributed by atoms with E-state index in [2.05, 4.69) is 23.7 Å². The molecule has 0 saturated carbocycles. The molecule has 4 nitrogen and oxygen atoms in total. The summed E-state index contributed by atoms with van der Waals surface area (Å²) in [6, 6.07) is 0. The van der Waals surface area contributed by atoms with Crippen LogP contribution >= 0.6 is 0 Å². The molecule has 2 heterocycles. The second kappa shape index (κ2) is 6.60. The van der Waals surface area contributed by atoms with Gasteiger partial charge in [-0.2, -0.15) is 0 Å². The molecular weight excluding hydrogens is 238 g/mol. The number of hydrogen-bond acceptors (Lipinski definition) is 4. The van der Waals surface area contributed by atoms with Crippen LogP contribution in [-0.2, 0) is 4.74 Å². The molecule has 0 aromatic carbocycles. The highest BCUT2D eigenvalue weighted by atomic mass is 16.5. The van der Waals surface area contributed by atoms with Crippen molar-refractivity contribution >= 4 is 5.96 Å². The van der Waals surface area contributed by atoms with E-state index < -0.39 is 0 Å². The smallest absolute Gasteiger partial charge is 0.191 e. The van der Waals surface area contributed by atoms with E-state index >= 15 is 0 Å². The van der Waals surface area contributed by atoms with Gasteiger partial charge in [0, 0.05) is 13.2 Å². The summed E-state index contributed by atoms with van der Waals surface area (Å²) in [5.74, 6) is 0.716. The fourth-order valence-electron chi connectivity index (χ4n) is 3.15. The summed E-state index contributed by atoms with van der Waals surface area (Å²) in [5, 5.41) is 0. The lowest BCUT2D eigenvalue weighted by Gasteiger charge is -2.37. The van der Waals surface area contributed by atoms with Crippen molar-refractivity contribution in [3.05, 3.63) is 0 Å². The molecule has 0 aliphatic carbocycles. The number of hydrogen-bond donors (Lipinski definition) is 1. The van der Waals surface area contributed by atoms with Gasteiger partial charge in [0.25, 0.3) is 0 Å². The first-order chi connectivity index (χ1) is 9.15. The zero-order valence-electron chi connectivity index (χ0n) is 12.5. The van der Waals surface area contributed by atoms with E-state index in [1.807, 2.05) is 0 Å². The molecule has 110 valence electrons. The van der Waals surface area contributed by atoms with Crippen molar-refractivity contribution in [2.24, 2.45) is 10.7 Å². The predicted molar refractivity (Wildman–Crippen MR) is 79.3 cm³/mol. The number of ether oxygens (including phenoxy) is 1. The second-order valence-electron chi connectivity index (χ2n) is 6.23. The maximum Gasteiger partial charge on any atom is 0.191 e. The van der Waals surface area contributed by atoms with Gasteiger partial charge in [0.05, 0.1) is 18.2 Å². The Morgan fingerprint density at radius 3 is 2.95 bits per heavy atom. The van der Waals surface area contributed by atoms with Crippen molar-refractivity contribution in [2.75, 3.05) is 19.7 Å². The van der Waals surface area contributed by atoms with E-state index in [4.69, 9.17) is 10.5 Å². The van der Waals surface area contributed by atoms with E-state index in [0.717, 1.165) is 26.1 Å². The van der Waals surface area contributed by atoms with E-state index in [-0.39, 0.29) is 5.54 Å². The third-order valence-corrected chi connectivity index (χ3v) is 4.49. The first kappa shape index (κ1) is 14.6. The fraction of sp³-hybridized carbons (Fsp3) is 0.933. The largest absolute Gasteiger partial charge is 0.376 e. The number of rotatable bonds is 7. The Hall–Kier alpha value is -0.770. The molecule has 0 aromatic rings. The number of nitrogens with two attached hydrogens (primary N) is 1. The standard InChI is InChI=1S/C15H29N3O/c1-3-4-5-6-9-15(2)12-17-14(16)18(15)11-13-8-7-10-19-13/h13H,3-12H2,1-2H3,(H2,16,17). The van der Waals surface area contributed by atoms with Crippen molar-refractivity contribution < 1.29 is 4.74 Å². The summed E-state index contributed by atoms with van der Waals surface area (Å²) in [4.78, 5) is 6.78. The minimum atomic E-state index is 0.115. The van der Waals surface area contributed by atoms with Crippen LogP contribution in [-0.4, -0.2) is 42.2 Å². The zero-order chi connectivity index (χ0) is 13.7. The van der Waals surface area contributed by atoms with Crippen LogP contribution in [0.3, 0.4) is 0 Å². The Morgan fingerprint density at radius 2 is 2.26 bits per heavy atom. The third-order valence-electron chi connectivity index (χ3n) is 4.49. The van der Waals surface area contributed by atoms with Gasteiger partial charge < -0.3 is 15.4 Å². The molecule has 2 aliphatic heterocycles. The minimum absolute atomic E-state index is 0.115. The number of nitrogens with zero attached hydrogens (tertiary/aromatic N) is 2. The summed E-state index contributed by atoms with van der Waals surface area (Å²) >= 11 is 0. The topological polar surface area (TPSA) is 50.8 Å². The molecule has 2 N–H and O–H groups in total. The fourth-order valence-corrected chi connectivity index (χ4v) is 3.15. The summed E-state index contributed by atoms with van der Waals surface area (Å²) in [7, 11) is 0. The molecule has 2 atom stereocenters. The van der Waals surface area contributed by atoms with Gasteiger partial charge in [0.1, 0.15) is 0 Å². The van der Waals surface area contributed by atoms with Crippen molar-refractivity contribution in [2.45, 2.75) is 70.4 Å². The van der Waals surface area contributed by atoms with Crippen molar-refractivity contribution in [3.63, 3.8) is 0 Å². The van der Waals surface area contributed by atoms with Gasteiger partial charge in [0.15, 0.2) is 5.96 Å². The minimum Gasteiger partial charge on any atom is -0.376 e.